The molecule has 0 radical (unpaired) electrons. The second-order valence-electron chi connectivity index (χ2n) is 7.44. The fourth-order valence-electron chi connectivity index (χ4n) is 2.90. The molecule has 30 heavy (non-hydrogen) atoms. The molecule has 1 aromatic rings. The van der Waals surface area contributed by atoms with Gasteiger partial charge in [0.1, 0.15) is 11.1 Å². The van der Waals surface area contributed by atoms with Gasteiger partial charge >= 0.3 is 5.97 Å². The van der Waals surface area contributed by atoms with Crippen LogP contribution in [0.15, 0.2) is 5.38 Å². The Morgan fingerprint density at radius 1 is 1.30 bits per heavy atom. The Morgan fingerprint density at radius 3 is 2.60 bits per heavy atom. The number of unbranched alkanes of at least 4 members (excludes halogenated alkanes) is 1. The van der Waals surface area contributed by atoms with Gasteiger partial charge < -0.3 is 25.4 Å². The van der Waals surface area contributed by atoms with Crippen molar-refractivity contribution in [1.29, 1.82) is 0 Å². The summed E-state index contributed by atoms with van der Waals surface area (Å²) in [5.41, 5.74) is 0.150. The number of esters is 1. The molecule has 2 atom stereocenters. The number of hydrogen-bond donors (Lipinski definition) is 3. The standard InChI is InChI=1S/C20H34N4O5S/c1-6-7-8-21-10-17(26)22-11-18(27)24(4)15(13(2)3)9-16(25)19-23-14(12-30-19)20(28)29-5/h12-13,15-16,21,25H,6-11H2,1-5H3,(H,22,26). The first kappa shape index (κ1) is 26.0. The molecule has 1 rings (SSSR count). The molecule has 0 aliphatic rings. The van der Waals surface area contributed by atoms with Crippen LogP contribution in [-0.4, -0.2) is 72.6 Å². The summed E-state index contributed by atoms with van der Waals surface area (Å²) >= 11 is 1.17. The topological polar surface area (TPSA) is 121 Å². The number of carbonyl (C=O) groups excluding carboxylic acids is 3. The molecule has 9 nitrogen and oxygen atoms in total. The molecule has 0 aromatic carbocycles. The molecule has 3 N–H and O–H groups in total. The van der Waals surface area contributed by atoms with Crippen molar-refractivity contribution < 1.29 is 24.2 Å². The summed E-state index contributed by atoms with van der Waals surface area (Å²) < 4.78 is 4.63. The molecule has 1 aromatic heterocycles. The molecule has 0 spiro atoms. The monoisotopic (exact) mass is 442 g/mol. The second kappa shape index (κ2) is 13.3. The molecule has 0 bridgehead atoms. The summed E-state index contributed by atoms with van der Waals surface area (Å²) in [7, 11) is 2.93. The van der Waals surface area contributed by atoms with E-state index in [1.165, 1.54) is 23.8 Å². The van der Waals surface area contributed by atoms with Gasteiger partial charge in [-0.2, -0.15) is 0 Å². The maximum absolute atomic E-state index is 12.6. The predicted octanol–water partition coefficient (Wildman–Crippen LogP) is 1.34. The van der Waals surface area contributed by atoms with E-state index in [1.54, 1.807) is 11.9 Å². The molecule has 0 fully saturated rings. The van der Waals surface area contributed by atoms with Gasteiger partial charge in [-0.05, 0) is 18.9 Å². The second-order valence-corrected chi connectivity index (χ2v) is 8.33. The highest BCUT2D eigenvalue weighted by atomic mass is 32.1. The third-order valence-electron chi connectivity index (χ3n) is 4.76. The van der Waals surface area contributed by atoms with Crippen molar-refractivity contribution in [2.75, 3.05) is 33.8 Å². The largest absolute Gasteiger partial charge is 0.464 e. The Morgan fingerprint density at radius 2 is 2.00 bits per heavy atom. The van der Waals surface area contributed by atoms with Crippen LogP contribution >= 0.6 is 11.3 Å². The van der Waals surface area contributed by atoms with Gasteiger partial charge in [-0.25, -0.2) is 9.78 Å². The van der Waals surface area contributed by atoms with Crippen molar-refractivity contribution in [1.82, 2.24) is 20.5 Å². The van der Waals surface area contributed by atoms with E-state index in [0.29, 0.717) is 5.01 Å². The number of thiazole rings is 1. The van der Waals surface area contributed by atoms with Gasteiger partial charge in [-0.3, -0.25) is 9.59 Å². The lowest BCUT2D eigenvalue weighted by Gasteiger charge is -2.32. The van der Waals surface area contributed by atoms with E-state index in [4.69, 9.17) is 0 Å². The number of aliphatic hydroxyl groups is 1. The quantitative estimate of drug-likeness (QED) is 0.311. The average Bonchev–Trinajstić information content (AvgIpc) is 3.22. The normalized spacial score (nSPS) is 13.0. The predicted molar refractivity (Wildman–Crippen MR) is 115 cm³/mol. The highest BCUT2D eigenvalue weighted by Crippen LogP contribution is 2.27. The zero-order chi connectivity index (χ0) is 22.7. The van der Waals surface area contributed by atoms with Gasteiger partial charge in [0.15, 0.2) is 5.69 Å². The average molecular weight is 443 g/mol. The molecule has 10 heteroatoms. The van der Waals surface area contributed by atoms with Gasteiger partial charge in [-0.15, -0.1) is 11.3 Å². The summed E-state index contributed by atoms with van der Waals surface area (Å²) in [6.45, 7) is 6.83. The number of carbonyl (C=O) groups is 3. The molecule has 0 saturated heterocycles. The van der Waals surface area contributed by atoms with Crippen LogP contribution in [0.5, 0.6) is 0 Å². The molecule has 0 aliphatic carbocycles. The number of amides is 2. The summed E-state index contributed by atoms with van der Waals surface area (Å²) in [5.74, 6) is -0.957. The summed E-state index contributed by atoms with van der Waals surface area (Å²) in [4.78, 5) is 41.6. The number of ether oxygens (including phenoxy) is 1. The summed E-state index contributed by atoms with van der Waals surface area (Å²) in [5, 5.41) is 18.2. The summed E-state index contributed by atoms with van der Waals surface area (Å²) in [6, 6.07) is -0.266. The molecular formula is C20H34N4O5S. The molecule has 170 valence electrons. The van der Waals surface area contributed by atoms with Gasteiger partial charge in [0.05, 0.1) is 20.2 Å². The van der Waals surface area contributed by atoms with E-state index in [9.17, 15) is 19.5 Å². The van der Waals surface area contributed by atoms with E-state index >= 15 is 0 Å². The minimum Gasteiger partial charge on any atom is -0.464 e. The molecule has 0 aliphatic heterocycles. The van der Waals surface area contributed by atoms with Crippen LogP contribution in [-0.2, 0) is 14.3 Å². The SMILES string of the molecule is CCCCNCC(=O)NCC(=O)N(C)C(CC(O)c1nc(C(=O)OC)cs1)C(C)C. The fourth-order valence-corrected chi connectivity index (χ4v) is 3.68. The van der Waals surface area contributed by atoms with Gasteiger partial charge in [0.2, 0.25) is 11.8 Å². The van der Waals surface area contributed by atoms with Crippen molar-refractivity contribution >= 4 is 29.1 Å². The van der Waals surface area contributed by atoms with E-state index in [1.807, 2.05) is 13.8 Å². The zero-order valence-electron chi connectivity index (χ0n) is 18.4. The van der Waals surface area contributed by atoms with Crippen molar-refractivity contribution in [2.24, 2.45) is 5.92 Å². The van der Waals surface area contributed by atoms with Crippen molar-refractivity contribution in [3.63, 3.8) is 0 Å². The lowest BCUT2D eigenvalue weighted by molar-refractivity contribution is -0.134. The fraction of sp³-hybridized carbons (Fsp3) is 0.700. The van der Waals surface area contributed by atoms with E-state index in [2.05, 4.69) is 27.3 Å². The summed E-state index contributed by atoms with van der Waals surface area (Å²) in [6.07, 6.45) is 1.38. The highest BCUT2D eigenvalue weighted by molar-refractivity contribution is 7.09. The van der Waals surface area contributed by atoms with Crippen LogP contribution in [0.2, 0.25) is 0 Å². The number of methoxy groups -OCH3 is 1. The first-order valence-electron chi connectivity index (χ1n) is 10.2. The molecule has 2 amide bonds. The van der Waals surface area contributed by atoms with E-state index < -0.39 is 12.1 Å². The lowest BCUT2D eigenvalue weighted by atomic mass is 9.96. The zero-order valence-corrected chi connectivity index (χ0v) is 19.3. The van der Waals surface area contributed by atoms with Crippen molar-refractivity contribution in [2.45, 2.75) is 52.2 Å². The Labute approximate surface area is 182 Å². The Hall–Kier alpha value is -2.04. The Bertz CT molecular complexity index is 694. The van der Waals surface area contributed by atoms with E-state index in [-0.39, 0.29) is 49.0 Å². The minimum absolute atomic E-state index is 0.0695. The van der Waals surface area contributed by atoms with E-state index in [0.717, 1.165) is 19.4 Å². The molecule has 1 heterocycles. The van der Waals surface area contributed by atoms with Crippen LogP contribution in [0.3, 0.4) is 0 Å². The van der Waals surface area contributed by atoms with Gasteiger partial charge in [-0.1, -0.05) is 27.2 Å². The maximum atomic E-state index is 12.6. The van der Waals surface area contributed by atoms with Gasteiger partial charge in [0.25, 0.3) is 0 Å². The van der Waals surface area contributed by atoms with Crippen LogP contribution in [0.4, 0.5) is 0 Å². The number of rotatable bonds is 13. The Kier molecular flexibility index (Phi) is 11.5. The third-order valence-corrected chi connectivity index (χ3v) is 5.70. The van der Waals surface area contributed by atoms with Crippen LogP contribution in [0, 0.1) is 5.92 Å². The van der Waals surface area contributed by atoms with Crippen LogP contribution < -0.4 is 10.6 Å². The smallest absolute Gasteiger partial charge is 0.357 e. The van der Waals surface area contributed by atoms with Crippen molar-refractivity contribution in [3.8, 4) is 0 Å². The van der Waals surface area contributed by atoms with Crippen LogP contribution in [0.25, 0.3) is 0 Å². The Balaban J connectivity index is 2.61. The van der Waals surface area contributed by atoms with Gasteiger partial charge in [0, 0.05) is 24.9 Å². The number of nitrogens with one attached hydrogen (secondary N) is 2. The third kappa shape index (κ3) is 8.37. The molecule has 0 saturated carbocycles. The number of aromatic nitrogens is 1. The van der Waals surface area contributed by atoms with Crippen molar-refractivity contribution in [3.05, 3.63) is 16.1 Å². The molecular weight excluding hydrogens is 408 g/mol. The number of aliphatic hydroxyl groups excluding tert-OH is 1. The first-order valence-corrected chi connectivity index (χ1v) is 11.0. The number of nitrogens with zero attached hydrogens (tertiary/aromatic N) is 2. The maximum Gasteiger partial charge on any atom is 0.357 e. The minimum atomic E-state index is -0.923. The first-order chi connectivity index (χ1) is 14.2. The highest BCUT2D eigenvalue weighted by Gasteiger charge is 2.28. The number of likely N-dealkylation sites (N-methyl/N-ethyl adjacent to an activating group) is 1. The molecule has 2 unspecified atom stereocenters. The lowest BCUT2D eigenvalue weighted by Crippen LogP contribution is -2.47. The number of hydrogen-bond acceptors (Lipinski definition) is 8. The van der Waals surface area contributed by atoms with Crippen LogP contribution in [0.1, 0.15) is 61.6 Å².